The lowest BCUT2D eigenvalue weighted by Crippen LogP contribution is -2.24. The Kier molecular flexibility index (Phi) is 6.19. The highest BCUT2D eigenvalue weighted by Crippen LogP contribution is 2.15. The van der Waals surface area contributed by atoms with Crippen LogP contribution in [0.4, 0.5) is 16.2 Å². The van der Waals surface area contributed by atoms with Gasteiger partial charge in [-0.05, 0) is 30.2 Å². The third-order valence-electron chi connectivity index (χ3n) is 2.71. The van der Waals surface area contributed by atoms with Crippen LogP contribution in [0.1, 0.15) is 19.8 Å². The maximum Gasteiger partial charge on any atom is 0.318 e. The van der Waals surface area contributed by atoms with E-state index < -0.39 is 5.97 Å². The molecule has 0 bridgehead atoms. The smallest absolute Gasteiger partial charge is 0.318 e. The molecule has 3 amide bonds. The highest BCUT2D eigenvalue weighted by molar-refractivity contribution is 5.92. The fourth-order valence-corrected chi connectivity index (χ4v) is 1.73. The van der Waals surface area contributed by atoms with Gasteiger partial charge in [-0.1, -0.05) is 6.92 Å². The summed E-state index contributed by atoms with van der Waals surface area (Å²) < 4.78 is 0. The van der Waals surface area contributed by atoms with E-state index in [-0.39, 0.29) is 30.7 Å². The molecule has 0 spiro atoms. The quantitative estimate of drug-likeness (QED) is 0.642. The minimum atomic E-state index is -0.917. The summed E-state index contributed by atoms with van der Waals surface area (Å²) in [6.45, 7) is 1.71. The van der Waals surface area contributed by atoms with Gasteiger partial charge in [-0.2, -0.15) is 0 Å². The predicted molar refractivity (Wildman–Crippen MR) is 79.2 cm³/mol. The molecule has 0 saturated carbocycles. The fourth-order valence-electron chi connectivity index (χ4n) is 1.73. The lowest BCUT2D eigenvalue weighted by atomic mass is 10.0. The summed E-state index contributed by atoms with van der Waals surface area (Å²) >= 11 is 0. The second kappa shape index (κ2) is 7.88. The summed E-state index contributed by atoms with van der Waals surface area (Å²) in [4.78, 5) is 33.4. The van der Waals surface area contributed by atoms with Crippen LogP contribution in [0.25, 0.3) is 0 Å². The Morgan fingerprint density at radius 1 is 1.05 bits per heavy atom. The van der Waals surface area contributed by atoms with Crippen molar-refractivity contribution in [2.24, 2.45) is 5.92 Å². The van der Waals surface area contributed by atoms with Crippen molar-refractivity contribution < 1.29 is 19.5 Å². The minimum absolute atomic E-state index is 0.0393. The van der Waals surface area contributed by atoms with E-state index in [0.717, 1.165) is 0 Å². The van der Waals surface area contributed by atoms with Crippen LogP contribution in [-0.2, 0) is 9.59 Å². The number of amides is 3. The SMILES string of the molecule is CNC(=O)Nc1ccc(NC(=O)CC(C)CC(=O)O)cc1. The Balaban J connectivity index is 2.49. The number of benzene rings is 1. The maximum atomic E-state index is 11.7. The van der Waals surface area contributed by atoms with Gasteiger partial charge in [0.2, 0.25) is 5.91 Å². The largest absolute Gasteiger partial charge is 0.481 e. The van der Waals surface area contributed by atoms with Gasteiger partial charge in [0, 0.05) is 31.3 Å². The van der Waals surface area contributed by atoms with Crippen molar-refractivity contribution in [2.45, 2.75) is 19.8 Å². The molecule has 0 heterocycles. The number of anilines is 2. The average molecular weight is 293 g/mol. The van der Waals surface area contributed by atoms with Crippen LogP contribution >= 0.6 is 0 Å². The Labute approximate surface area is 122 Å². The molecular formula is C14H19N3O4. The van der Waals surface area contributed by atoms with Crippen LogP contribution in [0.3, 0.4) is 0 Å². The molecule has 21 heavy (non-hydrogen) atoms. The fraction of sp³-hybridized carbons (Fsp3) is 0.357. The van der Waals surface area contributed by atoms with Crippen molar-refractivity contribution in [3.8, 4) is 0 Å². The van der Waals surface area contributed by atoms with Crippen LogP contribution in [-0.4, -0.2) is 30.1 Å². The first-order chi connectivity index (χ1) is 9.90. The monoisotopic (exact) mass is 293 g/mol. The second-order valence-electron chi connectivity index (χ2n) is 4.74. The normalized spacial score (nSPS) is 11.3. The third kappa shape index (κ3) is 6.42. The molecule has 1 rings (SSSR count). The van der Waals surface area contributed by atoms with E-state index in [9.17, 15) is 14.4 Å². The van der Waals surface area contributed by atoms with Crippen molar-refractivity contribution >= 4 is 29.3 Å². The van der Waals surface area contributed by atoms with E-state index in [4.69, 9.17) is 5.11 Å². The molecule has 0 aliphatic heterocycles. The topological polar surface area (TPSA) is 108 Å². The first kappa shape index (κ1) is 16.5. The molecule has 1 unspecified atom stereocenters. The highest BCUT2D eigenvalue weighted by atomic mass is 16.4. The molecule has 4 N–H and O–H groups in total. The van der Waals surface area contributed by atoms with Gasteiger partial charge in [0.05, 0.1) is 0 Å². The van der Waals surface area contributed by atoms with Gasteiger partial charge < -0.3 is 21.1 Å². The molecule has 0 aromatic heterocycles. The second-order valence-corrected chi connectivity index (χ2v) is 4.74. The zero-order valence-corrected chi connectivity index (χ0v) is 12.0. The number of carbonyl (C=O) groups is 3. The van der Waals surface area contributed by atoms with Crippen molar-refractivity contribution in [3.05, 3.63) is 24.3 Å². The minimum Gasteiger partial charge on any atom is -0.481 e. The van der Waals surface area contributed by atoms with E-state index in [0.29, 0.717) is 11.4 Å². The van der Waals surface area contributed by atoms with E-state index in [2.05, 4.69) is 16.0 Å². The molecule has 1 aromatic carbocycles. The van der Waals surface area contributed by atoms with Crippen LogP contribution in [0.2, 0.25) is 0 Å². The summed E-state index contributed by atoms with van der Waals surface area (Å²) in [5, 5.41) is 16.3. The van der Waals surface area contributed by atoms with Gasteiger partial charge in [0.15, 0.2) is 0 Å². The molecule has 0 aliphatic rings. The molecule has 114 valence electrons. The van der Waals surface area contributed by atoms with Crippen LogP contribution in [0.15, 0.2) is 24.3 Å². The number of aliphatic carboxylic acids is 1. The van der Waals surface area contributed by atoms with Gasteiger partial charge in [0.1, 0.15) is 0 Å². The molecule has 1 aromatic rings. The van der Waals surface area contributed by atoms with Gasteiger partial charge in [-0.25, -0.2) is 4.79 Å². The average Bonchev–Trinajstić information content (AvgIpc) is 2.39. The Morgan fingerprint density at radius 3 is 2.05 bits per heavy atom. The number of carboxylic acid groups (broad SMARTS) is 1. The number of nitrogens with one attached hydrogen (secondary N) is 3. The zero-order valence-electron chi connectivity index (χ0n) is 12.0. The molecule has 0 fully saturated rings. The first-order valence-corrected chi connectivity index (χ1v) is 6.51. The summed E-state index contributed by atoms with van der Waals surface area (Å²) in [5.41, 5.74) is 1.19. The number of rotatable bonds is 6. The standard InChI is InChI=1S/C14H19N3O4/c1-9(8-13(19)20)7-12(18)16-10-3-5-11(6-4-10)17-14(21)15-2/h3-6,9H,7-8H2,1-2H3,(H,16,18)(H,19,20)(H2,15,17,21). The van der Waals surface area contributed by atoms with Crippen LogP contribution in [0, 0.1) is 5.92 Å². The predicted octanol–water partition coefficient (Wildman–Crippen LogP) is 1.88. The number of carboxylic acids is 1. The third-order valence-corrected chi connectivity index (χ3v) is 2.71. The van der Waals surface area contributed by atoms with Crippen molar-refractivity contribution in [1.29, 1.82) is 0 Å². The first-order valence-electron chi connectivity index (χ1n) is 6.51. The summed E-state index contributed by atoms with van der Waals surface area (Å²) in [6.07, 6.45) is 0.104. The van der Waals surface area contributed by atoms with Crippen LogP contribution in [0.5, 0.6) is 0 Å². The summed E-state index contributed by atoms with van der Waals surface area (Å²) in [6, 6.07) is 6.31. The molecule has 0 aliphatic carbocycles. The maximum absolute atomic E-state index is 11.7. The van der Waals surface area contributed by atoms with Crippen molar-refractivity contribution in [3.63, 3.8) is 0 Å². The van der Waals surface area contributed by atoms with E-state index in [1.807, 2.05) is 0 Å². The van der Waals surface area contributed by atoms with Gasteiger partial charge in [0.25, 0.3) is 0 Å². The number of hydrogen-bond acceptors (Lipinski definition) is 3. The van der Waals surface area contributed by atoms with Crippen LogP contribution < -0.4 is 16.0 Å². The number of hydrogen-bond donors (Lipinski definition) is 4. The van der Waals surface area contributed by atoms with E-state index >= 15 is 0 Å². The van der Waals surface area contributed by atoms with Gasteiger partial charge >= 0.3 is 12.0 Å². The Hall–Kier alpha value is -2.57. The molecule has 1 atom stereocenters. The lowest BCUT2D eigenvalue weighted by molar-refractivity contribution is -0.138. The number of urea groups is 1. The lowest BCUT2D eigenvalue weighted by Gasteiger charge is -2.10. The Bertz CT molecular complexity index is 513. The Morgan fingerprint density at radius 2 is 1.57 bits per heavy atom. The van der Waals surface area contributed by atoms with Gasteiger partial charge in [-0.3, -0.25) is 9.59 Å². The van der Waals surface area contributed by atoms with E-state index in [1.54, 1.807) is 31.2 Å². The molecule has 0 radical (unpaired) electrons. The summed E-state index contributed by atoms with van der Waals surface area (Å²) in [5.74, 6) is -1.38. The molecule has 7 heteroatoms. The summed E-state index contributed by atoms with van der Waals surface area (Å²) in [7, 11) is 1.52. The van der Waals surface area contributed by atoms with Gasteiger partial charge in [-0.15, -0.1) is 0 Å². The molecule has 7 nitrogen and oxygen atoms in total. The highest BCUT2D eigenvalue weighted by Gasteiger charge is 2.12. The molecule has 0 saturated heterocycles. The van der Waals surface area contributed by atoms with Crippen molar-refractivity contribution in [2.75, 3.05) is 17.7 Å². The molecular weight excluding hydrogens is 274 g/mol. The van der Waals surface area contributed by atoms with E-state index in [1.165, 1.54) is 7.05 Å². The zero-order chi connectivity index (χ0) is 15.8. The van der Waals surface area contributed by atoms with Crippen molar-refractivity contribution in [1.82, 2.24) is 5.32 Å². The number of carbonyl (C=O) groups excluding carboxylic acids is 2.